The van der Waals surface area contributed by atoms with E-state index >= 15 is 0 Å². The van der Waals surface area contributed by atoms with E-state index in [4.69, 9.17) is 0 Å². The molecule has 0 unspecified atom stereocenters. The Morgan fingerprint density at radius 1 is 0.293 bits per heavy atom. The van der Waals surface area contributed by atoms with Crippen LogP contribution < -0.4 is 4.90 Å². The number of anilines is 3. The number of benzene rings is 10. The largest absolute Gasteiger partial charge is 0.310 e. The minimum Gasteiger partial charge on any atom is -0.310 e. The molecule has 1 heterocycles. The van der Waals surface area contributed by atoms with Crippen LogP contribution in [-0.2, 0) is 0 Å². The summed E-state index contributed by atoms with van der Waals surface area (Å²) >= 11 is 0. The van der Waals surface area contributed by atoms with Crippen molar-refractivity contribution in [1.29, 1.82) is 0 Å². The molecular weight excluding hydrogens is 701 g/mol. The summed E-state index contributed by atoms with van der Waals surface area (Å²) < 4.78 is 2.48. The quantitative estimate of drug-likeness (QED) is 0.158. The first-order valence-corrected chi connectivity index (χ1v) is 19.9. The molecule has 10 aromatic carbocycles. The fourth-order valence-corrected chi connectivity index (χ4v) is 8.85. The van der Waals surface area contributed by atoms with Crippen LogP contribution in [0, 0.1) is 0 Å². The van der Waals surface area contributed by atoms with Crippen LogP contribution in [0.3, 0.4) is 0 Å². The molecule has 0 saturated heterocycles. The lowest BCUT2D eigenvalue weighted by Gasteiger charge is -2.29. The molecule has 0 N–H and O–H groups in total. The van der Waals surface area contributed by atoms with Crippen molar-refractivity contribution in [2.45, 2.75) is 0 Å². The van der Waals surface area contributed by atoms with E-state index in [9.17, 15) is 0 Å². The smallest absolute Gasteiger partial charge is 0.0562 e. The van der Waals surface area contributed by atoms with Gasteiger partial charge >= 0.3 is 0 Å². The van der Waals surface area contributed by atoms with E-state index in [0.29, 0.717) is 0 Å². The van der Waals surface area contributed by atoms with Crippen LogP contribution in [0.15, 0.2) is 231 Å². The number of nitrogens with zero attached hydrogens (tertiary/aromatic N) is 2. The number of aromatic nitrogens is 1. The van der Waals surface area contributed by atoms with E-state index in [1.807, 2.05) is 0 Å². The Morgan fingerprint density at radius 3 is 1.64 bits per heavy atom. The molecule has 2 nitrogen and oxygen atoms in total. The van der Waals surface area contributed by atoms with E-state index in [2.05, 4.69) is 240 Å². The molecule has 272 valence electrons. The highest BCUT2D eigenvalue weighted by atomic mass is 15.1. The lowest BCUT2D eigenvalue weighted by molar-refractivity contribution is 1.18. The summed E-state index contributed by atoms with van der Waals surface area (Å²) in [7, 11) is 0. The SMILES string of the molecule is c1ccc(-c2ccc(-c3cccc4ccccc34)cc2N(c2ccccc2)c2ccc3c4ccccc4n(-c4cc5ccccc5cc4-c4ccccc4)c3c2)cc1. The molecule has 0 bridgehead atoms. The zero-order chi connectivity index (χ0) is 38.4. The van der Waals surface area contributed by atoms with Crippen LogP contribution >= 0.6 is 0 Å². The van der Waals surface area contributed by atoms with Gasteiger partial charge < -0.3 is 9.47 Å². The maximum atomic E-state index is 2.48. The number of para-hydroxylation sites is 2. The maximum absolute atomic E-state index is 2.48. The summed E-state index contributed by atoms with van der Waals surface area (Å²) in [5.74, 6) is 0. The summed E-state index contributed by atoms with van der Waals surface area (Å²) in [6, 6.07) is 83.9. The van der Waals surface area contributed by atoms with Crippen LogP contribution in [0.2, 0.25) is 0 Å². The Hall–Kier alpha value is -7.68. The van der Waals surface area contributed by atoms with Crippen LogP contribution in [0.4, 0.5) is 17.1 Å². The van der Waals surface area contributed by atoms with Gasteiger partial charge in [0.2, 0.25) is 0 Å². The average Bonchev–Trinajstić information content (AvgIpc) is 3.63. The zero-order valence-electron chi connectivity index (χ0n) is 31.8. The molecule has 1 aromatic heterocycles. The molecule has 0 saturated carbocycles. The molecule has 0 aliphatic heterocycles. The molecule has 0 amide bonds. The van der Waals surface area contributed by atoms with E-state index < -0.39 is 0 Å². The molecule has 0 radical (unpaired) electrons. The molecule has 2 heteroatoms. The average molecular weight is 739 g/mol. The molecule has 0 atom stereocenters. The zero-order valence-corrected chi connectivity index (χ0v) is 31.8. The van der Waals surface area contributed by atoms with Crippen LogP contribution in [0.1, 0.15) is 0 Å². The Labute approximate surface area is 338 Å². The van der Waals surface area contributed by atoms with Gasteiger partial charge in [-0.25, -0.2) is 0 Å². The van der Waals surface area contributed by atoms with Gasteiger partial charge in [0.25, 0.3) is 0 Å². The lowest BCUT2D eigenvalue weighted by atomic mass is 9.94. The Balaban J connectivity index is 1.21. The highest BCUT2D eigenvalue weighted by molar-refractivity contribution is 6.12. The van der Waals surface area contributed by atoms with Gasteiger partial charge in [-0.05, 0) is 92.3 Å². The van der Waals surface area contributed by atoms with Crippen LogP contribution in [-0.4, -0.2) is 4.57 Å². The van der Waals surface area contributed by atoms with Gasteiger partial charge in [-0.2, -0.15) is 0 Å². The fourth-order valence-electron chi connectivity index (χ4n) is 8.85. The minimum atomic E-state index is 1.08. The summed E-state index contributed by atoms with van der Waals surface area (Å²) in [6.45, 7) is 0. The molecule has 11 aromatic rings. The van der Waals surface area contributed by atoms with Crippen molar-refractivity contribution in [3.63, 3.8) is 0 Å². The van der Waals surface area contributed by atoms with Crippen molar-refractivity contribution in [2.24, 2.45) is 0 Å². The third-order valence-electron chi connectivity index (χ3n) is 11.5. The summed E-state index contributed by atoms with van der Waals surface area (Å²) in [6.07, 6.45) is 0. The van der Waals surface area contributed by atoms with Crippen LogP contribution in [0.5, 0.6) is 0 Å². The standard InChI is InChI=1S/C56H38N2/c1-4-17-40(18-5-1)49-33-31-44(48-29-16-24-39-21-12-13-27-47(39)48)37-54(49)57(45-25-8-3-9-26-45)46-32-34-51-50-28-14-15-30-53(50)58(56(51)38-46)55-36-43-23-11-10-22-42(43)35-52(55)41-19-6-2-7-20-41/h1-38H. The maximum Gasteiger partial charge on any atom is 0.0562 e. The molecule has 0 aliphatic rings. The minimum absolute atomic E-state index is 1.08. The molecule has 0 spiro atoms. The van der Waals surface area contributed by atoms with Gasteiger partial charge in [-0.15, -0.1) is 0 Å². The molecule has 0 aliphatic carbocycles. The van der Waals surface area contributed by atoms with Gasteiger partial charge in [0.1, 0.15) is 0 Å². The summed E-state index contributed by atoms with van der Waals surface area (Å²) in [4.78, 5) is 2.44. The third kappa shape index (κ3) is 5.74. The monoisotopic (exact) mass is 738 g/mol. The summed E-state index contributed by atoms with van der Waals surface area (Å²) in [5.41, 5.74) is 13.9. The number of hydrogen-bond donors (Lipinski definition) is 0. The Morgan fingerprint density at radius 2 is 0.879 bits per heavy atom. The van der Waals surface area contributed by atoms with Crippen molar-refractivity contribution >= 4 is 60.4 Å². The van der Waals surface area contributed by atoms with E-state index in [-0.39, 0.29) is 0 Å². The van der Waals surface area contributed by atoms with Crippen molar-refractivity contribution < 1.29 is 0 Å². The molecule has 0 fully saturated rings. The van der Waals surface area contributed by atoms with Gasteiger partial charge in [0.15, 0.2) is 0 Å². The van der Waals surface area contributed by atoms with E-state index in [1.54, 1.807) is 0 Å². The first-order valence-electron chi connectivity index (χ1n) is 19.9. The van der Waals surface area contributed by atoms with Gasteiger partial charge in [0.05, 0.1) is 22.4 Å². The number of fused-ring (bicyclic) bond motifs is 5. The molecular formula is C56H38N2. The molecule has 58 heavy (non-hydrogen) atoms. The van der Waals surface area contributed by atoms with E-state index in [0.717, 1.165) is 33.8 Å². The second-order valence-electron chi connectivity index (χ2n) is 14.9. The van der Waals surface area contributed by atoms with E-state index in [1.165, 1.54) is 65.7 Å². The lowest BCUT2D eigenvalue weighted by Crippen LogP contribution is -2.11. The second kappa shape index (κ2) is 14.1. The Bertz CT molecular complexity index is 3270. The van der Waals surface area contributed by atoms with Gasteiger partial charge in [-0.1, -0.05) is 182 Å². The van der Waals surface area contributed by atoms with Gasteiger partial charge in [0, 0.05) is 33.3 Å². The highest BCUT2D eigenvalue weighted by Crippen LogP contribution is 2.46. The first kappa shape index (κ1) is 33.6. The normalized spacial score (nSPS) is 11.4. The predicted octanol–water partition coefficient (Wildman–Crippen LogP) is 15.6. The number of rotatable bonds is 7. The van der Waals surface area contributed by atoms with Crippen molar-refractivity contribution in [3.05, 3.63) is 231 Å². The molecule has 11 rings (SSSR count). The first-order chi connectivity index (χ1) is 28.8. The summed E-state index contributed by atoms with van der Waals surface area (Å²) in [5, 5.41) is 7.35. The topological polar surface area (TPSA) is 8.17 Å². The van der Waals surface area contributed by atoms with Crippen molar-refractivity contribution in [2.75, 3.05) is 4.90 Å². The van der Waals surface area contributed by atoms with Crippen LogP contribution in [0.25, 0.3) is 82.4 Å². The second-order valence-corrected chi connectivity index (χ2v) is 14.9. The highest BCUT2D eigenvalue weighted by Gasteiger charge is 2.22. The Kier molecular flexibility index (Phi) is 8.19. The predicted molar refractivity (Wildman–Crippen MR) is 247 cm³/mol. The third-order valence-corrected chi connectivity index (χ3v) is 11.5. The van der Waals surface area contributed by atoms with Crippen molar-refractivity contribution in [1.82, 2.24) is 4.57 Å². The fraction of sp³-hybridized carbons (Fsp3) is 0. The van der Waals surface area contributed by atoms with Gasteiger partial charge in [-0.3, -0.25) is 0 Å². The van der Waals surface area contributed by atoms with Crippen molar-refractivity contribution in [3.8, 4) is 39.1 Å². The number of hydrogen-bond acceptors (Lipinski definition) is 1.